The van der Waals surface area contributed by atoms with Crippen molar-refractivity contribution in [3.8, 4) is 0 Å². The number of hydrogen-bond donors (Lipinski definition) is 1. The van der Waals surface area contributed by atoms with E-state index in [1.54, 1.807) is 0 Å². The summed E-state index contributed by atoms with van der Waals surface area (Å²) in [6, 6.07) is 0. The van der Waals surface area contributed by atoms with Crippen LogP contribution < -0.4 is 69.3 Å². The van der Waals surface area contributed by atoms with Crippen molar-refractivity contribution in [2.24, 2.45) is 5.92 Å². The first kappa shape index (κ1) is 19.9. The van der Waals surface area contributed by atoms with Gasteiger partial charge in [-0.05, 0) is 6.42 Å². The molecule has 0 saturated carbocycles. The van der Waals surface area contributed by atoms with Gasteiger partial charge in [0.25, 0.3) is 0 Å². The summed E-state index contributed by atoms with van der Waals surface area (Å²) in [5, 5.41) is 28.1. The summed E-state index contributed by atoms with van der Waals surface area (Å²) in [7, 11) is 0. The molecule has 0 rings (SSSR count). The SMILES string of the molecule is O=C([O-])CC(CC(=O)O)C(=O)[O-].[Na+].[Na+]. The van der Waals surface area contributed by atoms with Gasteiger partial charge >= 0.3 is 65.1 Å². The van der Waals surface area contributed by atoms with E-state index in [1.807, 2.05) is 0 Å². The second kappa shape index (κ2) is 9.95. The molecule has 6 nitrogen and oxygen atoms in total. The van der Waals surface area contributed by atoms with Crippen LogP contribution in [0.25, 0.3) is 0 Å². The third-order valence-corrected chi connectivity index (χ3v) is 1.17. The maximum Gasteiger partial charge on any atom is 1.00 e. The van der Waals surface area contributed by atoms with Gasteiger partial charge in [-0.25, -0.2) is 0 Å². The molecule has 0 aromatic heterocycles. The summed E-state index contributed by atoms with van der Waals surface area (Å²) in [6.07, 6.45) is -1.61. The molecular weight excluding hydrogens is 214 g/mol. The van der Waals surface area contributed by atoms with Crippen LogP contribution in [0.1, 0.15) is 12.8 Å². The Morgan fingerprint density at radius 2 is 1.50 bits per heavy atom. The van der Waals surface area contributed by atoms with Gasteiger partial charge in [-0.3, -0.25) is 4.79 Å². The van der Waals surface area contributed by atoms with Crippen molar-refractivity contribution in [2.75, 3.05) is 0 Å². The minimum Gasteiger partial charge on any atom is -0.550 e. The largest absolute Gasteiger partial charge is 1.00 e. The maximum absolute atomic E-state index is 10.1. The Balaban J connectivity index is -0.000000605. The van der Waals surface area contributed by atoms with E-state index in [4.69, 9.17) is 5.11 Å². The van der Waals surface area contributed by atoms with E-state index < -0.39 is 36.7 Å². The first-order chi connectivity index (χ1) is 5.43. The standard InChI is InChI=1S/C6H8O6.2Na/c7-4(8)1-3(6(11)12)2-5(9)10;;/h3H,1-2H2,(H,7,8)(H,9,10)(H,11,12);;/q;2*+1/p-2. The van der Waals surface area contributed by atoms with E-state index in [9.17, 15) is 24.6 Å². The van der Waals surface area contributed by atoms with Gasteiger partial charge in [-0.15, -0.1) is 0 Å². The molecule has 0 radical (unpaired) electrons. The van der Waals surface area contributed by atoms with Crippen LogP contribution in [-0.4, -0.2) is 23.0 Å². The monoisotopic (exact) mass is 220 g/mol. The Hall–Kier alpha value is 0.410. The van der Waals surface area contributed by atoms with Gasteiger partial charge in [0.05, 0.1) is 6.42 Å². The molecule has 0 bridgehead atoms. The molecule has 0 aliphatic carbocycles. The number of carboxylic acid groups (broad SMARTS) is 3. The number of rotatable bonds is 5. The van der Waals surface area contributed by atoms with Gasteiger partial charge in [0, 0.05) is 17.9 Å². The van der Waals surface area contributed by atoms with Crippen LogP contribution in [0.3, 0.4) is 0 Å². The van der Waals surface area contributed by atoms with Gasteiger partial charge in [-0.1, -0.05) is 0 Å². The predicted molar refractivity (Wildman–Crippen MR) is 30.4 cm³/mol. The Bertz CT molecular complexity index is 200. The number of carbonyl (C=O) groups is 3. The minimum atomic E-state index is -1.69. The molecule has 68 valence electrons. The maximum atomic E-state index is 10.1. The molecule has 1 atom stereocenters. The predicted octanol–water partition coefficient (Wildman–Crippen LogP) is -9.02. The molecule has 0 heterocycles. The normalized spacial score (nSPS) is 10.3. The molecule has 0 spiro atoms. The number of hydrogen-bond acceptors (Lipinski definition) is 5. The minimum absolute atomic E-state index is 0. The van der Waals surface area contributed by atoms with Gasteiger partial charge in [0.2, 0.25) is 0 Å². The molecule has 0 saturated heterocycles. The molecule has 0 fully saturated rings. The van der Waals surface area contributed by atoms with Crippen LogP contribution >= 0.6 is 0 Å². The quantitative estimate of drug-likeness (QED) is 0.459. The first-order valence-corrected chi connectivity index (χ1v) is 3.06. The van der Waals surface area contributed by atoms with Crippen molar-refractivity contribution < 1.29 is 88.8 Å². The summed E-state index contributed by atoms with van der Waals surface area (Å²) in [4.78, 5) is 30.0. The molecule has 0 aliphatic heterocycles. The van der Waals surface area contributed by atoms with E-state index >= 15 is 0 Å². The van der Waals surface area contributed by atoms with Crippen LogP contribution in [0, 0.1) is 5.92 Å². The molecule has 0 amide bonds. The number of carbonyl (C=O) groups excluding carboxylic acids is 2. The van der Waals surface area contributed by atoms with Crippen LogP contribution in [-0.2, 0) is 14.4 Å². The van der Waals surface area contributed by atoms with Crippen LogP contribution in [0.2, 0.25) is 0 Å². The van der Waals surface area contributed by atoms with E-state index in [0.717, 1.165) is 0 Å². The van der Waals surface area contributed by atoms with Gasteiger partial charge in [0.1, 0.15) is 0 Å². The summed E-state index contributed by atoms with van der Waals surface area (Å²) in [5.74, 6) is -6.20. The van der Waals surface area contributed by atoms with Crippen LogP contribution in [0.5, 0.6) is 0 Å². The van der Waals surface area contributed by atoms with Gasteiger partial charge < -0.3 is 24.9 Å². The number of aliphatic carboxylic acids is 3. The Kier molecular flexibility index (Phi) is 14.1. The summed E-state index contributed by atoms with van der Waals surface area (Å²) in [5.41, 5.74) is 0. The third kappa shape index (κ3) is 10.5. The summed E-state index contributed by atoms with van der Waals surface area (Å²) >= 11 is 0. The fourth-order valence-electron chi connectivity index (χ4n) is 0.651. The fourth-order valence-corrected chi connectivity index (χ4v) is 0.651. The molecule has 0 aliphatic rings. The zero-order chi connectivity index (χ0) is 9.72. The first-order valence-electron chi connectivity index (χ1n) is 3.06. The second-order valence-electron chi connectivity index (χ2n) is 2.19. The Labute approximate surface area is 124 Å². The van der Waals surface area contributed by atoms with Gasteiger partial charge in [-0.2, -0.15) is 0 Å². The molecule has 1 unspecified atom stereocenters. The van der Waals surface area contributed by atoms with Crippen molar-refractivity contribution in [3.63, 3.8) is 0 Å². The Morgan fingerprint density at radius 3 is 1.71 bits per heavy atom. The van der Waals surface area contributed by atoms with Crippen LogP contribution in [0.15, 0.2) is 0 Å². The van der Waals surface area contributed by atoms with Gasteiger partial charge in [0.15, 0.2) is 0 Å². The summed E-state index contributed by atoms with van der Waals surface area (Å²) < 4.78 is 0. The third-order valence-electron chi connectivity index (χ3n) is 1.17. The van der Waals surface area contributed by atoms with Crippen molar-refractivity contribution in [2.45, 2.75) is 12.8 Å². The average Bonchev–Trinajstić information content (AvgIpc) is 1.83. The fraction of sp³-hybridized carbons (Fsp3) is 0.500. The molecular formula is C6H6Na2O6. The van der Waals surface area contributed by atoms with E-state index in [1.165, 1.54) is 0 Å². The Morgan fingerprint density at radius 1 is 1.07 bits per heavy atom. The number of carboxylic acids is 3. The van der Waals surface area contributed by atoms with Crippen molar-refractivity contribution in [3.05, 3.63) is 0 Å². The topological polar surface area (TPSA) is 118 Å². The smallest absolute Gasteiger partial charge is 0.550 e. The zero-order valence-electron chi connectivity index (χ0n) is 7.98. The van der Waals surface area contributed by atoms with E-state index in [0.29, 0.717) is 0 Å². The molecule has 8 heteroatoms. The summed E-state index contributed by atoms with van der Waals surface area (Å²) in [6.45, 7) is 0. The molecule has 14 heavy (non-hydrogen) atoms. The van der Waals surface area contributed by atoms with Crippen molar-refractivity contribution in [1.82, 2.24) is 0 Å². The zero-order valence-corrected chi connectivity index (χ0v) is 12.0. The van der Waals surface area contributed by atoms with Crippen molar-refractivity contribution in [1.29, 1.82) is 0 Å². The average molecular weight is 220 g/mol. The van der Waals surface area contributed by atoms with E-state index in [2.05, 4.69) is 0 Å². The second-order valence-corrected chi connectivity index (χ2v) is 2.19. The molecule has 0 aromatic carbocycles. The van der Waals surface area contributed by atoms with E-state index in [-0.39, 0.29) is 59.1 Å². The van der Waals surface area contributed by atoms with Crippen LogP contribution in [0.4, 0.5) is 0 Å². The molecule has 0 aromatic rings. The molecule has 1 N–H and O–H groups in total. The van der Waals surface area contributed by atoms with Crippen molar-refractivity contribution >= 4 is 17.9 Å².